The van der Waals surface area contributed by atoms with E-state index in [2.05, 4.69) is 5.10 Å². The van der Waals surface area contributed by atoms with Gasteiger partial charge < -0.3 is 19.9 Å². The van der Waals surface area contributed by atoms with Crippen molar-refractivity contribution in [2.24, 2.45) is 0 Å². The molecule has 1 saturated heterocycles. The number of alkyl halides is 3. The molecule has 1 aromatic carbocycles. The zero-order valence-electron chi connectivity index (χ0n) is 16.6. The average molecular weight is 470 g/mol. The lowest BCUT2D eigenvalue weighted by Crippen LogP contribution is -2.64. The summed E-state index contributed by atoms with van der Waals surface area (Å²) in [6, 6.07) is 3.55. The molecule has 0 aliphatic carbocycles. The highest BCUT2D eigenvalue weighted by Gasteiger charge is 2.63. The number of rotatable bonds is 4. The van der Waals surface area contributed by atoms with Crippen LogP contribution in [0.3, 0.4) is 0 Å². The third-order valence-corrected chi connectivity index (χ3v) is 4.65. The van der Waals surface area contributed by atoms with E-state index in [0.717, 1.165) is 19.1 Å². The Hall–Kier alpha value is -3.99. The highest BCUT2D eigenvalue weighted by Crippen LogP contribution is 2.38. The van der Waals surface area contributed by atoms with Crippen LogP contribution in [0.1, 0.15) is 30.9 Å². The first-order chi connectivity index (χ1) is 15.3. The molecule has 33 heavy (non-hydrogen) atoms. The predicted molar refractivity (Wildman–Crippen MR) is 97.0 cm³/mol. The fourth-order valence-corrected chi connectivity index (χ4v) is 2.96. The van der Waals surface area contributed by atoms with Crippen LogP contribution in [-0.4, -0.2) is 38.3 Å². The standard InChI is InChI=1S/C19H14F4N4O6/c1-17(31,16(30)26-12-3-2-10(7-24)13(6-12)18(21,22)23)19(27-9-11(20)8-25-27)32-14(28)4-5-15(29)33-19/h2-3,6,8-9,31H,4-5H2,1H3,(H,26,30). The number of nitriles is 1. The van der Waals surface area contributed by atoms with Gasteiger partial charge in [-0.1, -0.05) is 0 Å². The van der Waals surface area contributed by atoms with Gasteiger partial charge in [0.15, 0.2) is 5.82 Å². The van der Waals surface area contributed by atoms with Crippen LogP contribution < -0.4 is 5.32 Å². The Labute approximate surface area is 182 Å². The van der Waals surface area contributed by atoms with Crippen molar-refractivity contribution >= 4 is 23.5 Å². The maximum absolute atomic E-state index is 13.6. The SMILES string of the molecule is CC(O)(C(=O)Nc1ccc(C#N)c(C(F)(F)F)c1)C1(n2cc(F)cn2)OC(=O)CCC(=O)O1. The molecule has 174 valence electrons. The summed E-state index contributed by atoms with van der Waals surface area (Å²) in [4.78, 5) is 37.1. The van der Waals surface area contributed by atoms with Crippen molar-refractivity contribution in [3.63, 3.8) is 0 Å². The third kappa shape index (κ3) is 4.35. The van der Waals surface area contributed by atoms with E-state index in [4.69, 9.17) is 14.7 Å². The molecule has 2 heterocycles. The molecule has 0 saturated carbocycles. The first-order valence-electron chi connectivity index (χ1n) is 9.09. The smallest absolute Gasteiger partial charge is 0.399 e. The van der Waals surface area contributed by atoms with E-state index < -0.39 is 71.0 Å². The van der Waals surface area contributed by atoms with Gasteiger partial charge in [0.2, 0.25) is 5.60 Å². The first kappa shape index (κ1) is 23.7. The number of carbonyl (C=O) groups excluding carboxylic acids is 3. The van der Waals surface area contributed by atoms with Crippen molar-refractivity contribution in [2.75, 3.05) is 5.32 Å². The Morgan fingerprint density at radius 3 is 2.36 bits per heavy atom. The molecule has 0 spiro atoms. The molecule has 10 nitrogen and oxygen atoms in total. The van der Waals surface area contributed by atoms with E-state index in [9.17, 15) is 37.1 Å². The van der Waals surface area contributed by atoms with Crippen LogP contribution in [0.15, 0.2) is 30.6 Å². The Kier molecular flexibility index (Phi) is 5.86. The van der Waals surface area contributed by atoms with Gasteiger partial charge in [-0.15, -0.1) is 0 Å². The minimum atomic E-state index is -4.94. The highest BCUT2D eigenvalue weighted by atomic mass is 19.4. The minimum Gasteiger partial charge on any atom is -0.399 e. The van der Waals surface area contributed by atoms with Gasteiger partial charge in [-0.2, -0.15) is 28.2 Å². The molecule has 2 aromatic rings. The number of cyclic esters (lactones) is 2. The van der Waals surface area contributed by atoms with Gasteiger partial charge in [0.05, 0.1) is 42.4 Å². The minimum absolute atomic E-state index is 0.392. The summed E-state index contributed by atoms with van der Waals surface area (Å²) in [6.07, 6.45) is -4.75. The Morgan fingerprint density at radius 1 is 1.27 bits per heavy atom. The zero-order chi connectivity index (χ0) is 24.6. The molecule has 0 radical (unpaired) electrons. The molecular weight excluding hydrogens is 456 g/mol. The lowest BCUT2D eigenvalue weighted by atomic mass is 9.99. The summed E-state index contributed by atoms with van der Waals surface area (Å²) >= 11 is 0. The largest absolute Gasteiger partial charge is 0.417 e. The van der Waals surface area contributed by atoms with Crippen molar-refractivity contribution in [1.29, 1.82) is 5.26 Å². The Bertz CT molecular complexity index is 1150. The van der Waals surface area contributed by atoms with E-state index >= 15 is 0 Å². The Balaban J connectivity index is 2.06. The normalized spacial score (nSPS) is 17.7. The maximum Gasteiger partial charge on any atom is 0.417 e. The molecular formula is C19H14F4N4O6. The molecule has 1 aliphatic heterocycles. The summed E-state index contributed by atoms with van der Waals surface area (Å²) in [5.74, 6) is -7.75. The lowest BCUT2D eigenvalue weighted by Gasteiger charge is -2.39. The van der Waals surface area contributed by atoms with Crippen LogP contribution in [0.2, 0.25) is 0 Å². The number of anilines is 1. The number of hydrogen-bond acceptors (Lipinski definition) is 8. The summed E-state index contributed by atoms with van der Waals surface area (Å²) in [5, 5.41) is 25.4. The number of amides is 1. The number of benzene rings is 1. The molecule has 1 unspecified atom stereocenters. The fraction of sp³-hybridized carbons (Fsp3) is 0.316. The van der Waals surface area contributed by atoms with E-state index in [0.29, 0.717) is 23.1 Å². The number of halogens is 4. The second-order valence-corrected chi connectivity index (χ2v) is 7.03. The van der Waals surface area contributed by atoms with Gasteiger partial charge in [0.1, 0.15) is 0 Å². The van der Waals surface area contributed by atoms with Crippen molar-refractivity contribution < 1.29 is 46.5 Å². The number of aromatic nitrogens is 2. The average Bonchev–Trinajstić information content (AvgIpc) is 3.10. The number of hydrogen-bond donors (Lipinski definition) is 2. The monoisotopic (exact) mass is 470 g/mol. The summed E-state index contributed by atoms with van der Waals surface area (Å²) in [7, 11) is 0. The van der Waals surface area contributed by atoms with Crippen LogP contribution in [0.5, 0.6) is 0 Å². The van der Waals surface area contributed by atoms with Crippen molar-refractivity contribution in [3.8, 4) is 6.07 Å². The fourth-order valence-electron chi connectivity index (χ4n) is 2.96. The number of carbonyl (C=O) groups is 3. The number of aliphatic hydroxyl groups is 1. The molecule has 1 aliphatic rings. The van der Waals surface area contributed by atoms with E-state index in [1.807, 2.05) is 5.32 Å². The summed E-state index contributed by atoms with van der Waals surface area (Å²) < 4.78 is 63.7. The topological polar surface area (TPSA) is 144 Å². The second-order valence-electron chi connectivity index (χ2n) is 7.03. The molecule has 1 fully saturated rings. The molecule has 1 atom stereocenters. The molecule has 1 amide bonds. The Morgan fingerprint density at radius 2 is 1.88 bits per heavy atom. The summed E-state index contributed by atoms with van der Waals surface area (Å²) in [6.45, 7) is 0.724. The van der Waals surface area contributed by atoms with Gasteiger partial charge in [0, 0.05) is 5.69 Å². The van der Waals surface area contributed by atoms with Crippen LogP contribution in [-0.2, 0) is 35.9 Å². The maximum atomic E-state index is 13.6. The second kappa shape index (κ2) is 8.17. The first-order valence-corrected chi connectivity index (χ1v) is 9.09. The quantitative estimate of drug-likeness (QED) is 0.509. The van der Waals surface area contributed by atoms with Crippen LogP contribution >= 0.6 is 0 Å². The predicted octanol–water partition coefficient (Wildman–Crippen LogP) is 1.79. The van der Waals surface area contributed by atoms with Crippen LogP contribution in [0.25, 0.3) is 0 Å². The number of nitrogens with one attached hydrogen (secondary N) is 1. The van der Waals surface area contributed by atoms with Gasteiger partial charge in [0.25, 0.3) is 5.91 Å². The van der Waals surface area contributed by atoms with Crippen LogP contribution in [0.4, 0.5) is 23.2 Å². The highest BCUT2D eigenvalue weighted by molar-refractivity contribution is 5.98. The molecule has 14 heteroatoms. The number of nitrogens with zero attached hydrogens (tertiary/aromatic N) is 3. The number of esters is 2. The van der Waals surface area contributed by atoms with Gasteiger partial charge >= 0.3 is 24.0 Å². The van der Waals surface area contributed by atoms with Gasteiger partial charge in [-0.05, 0) is 25.1 Å². The van der Waals surface area contributed by atoms with Crippen molar-refractivity contribution in [3.05, 3.63) is 47.5 Å². The molecule has 2 N–H and O–H groups in total. The lowest BCUT2D eigenvalue weighted by molar-refractivity contribution is -0.325. The van der Waals surface area contributed by atoms with Crippen molar-refractivity contribution in [2.45, 2.75) is 37.5 Å². The molecule has 3 rings (SSSR count). The van der Waals surface area contributed by atoms with Crippen LogP contribution in [0, 0.1) is 17.1 Å². The number of ether oxygens (including phenoxy) is 2. The molecule has 0 bridgehead atoms. The van der Waals surface area contributed by atoms with E-state index in [1.54, 1.807) is 0 Å². The third-order valence-electron chi connectivity index (χ3n) is 4.65. The van der Waals surface area contributed by atoms with E-state index in [-0.39, 0.29) is 0 Å². The summed E-state index contributed by atoms with van der Waals surface area (Å²) in [5.41, 5.74) is -5.62. The van der Waals surface area contributed by atoms with Crippen molar-refractivity contribution in [1.82, 2.24) is 9.78 Å². The zero-order valence-corrected chi connectivity index (χ0v) is 16.6. The van der Waals surface area contributed by atoms with E-state index in [1.165, 1.54) is 6.07 Å². The van der Waals surface area contributed by atoms with Gasteiger partial charge in [-0.3, -0.25) is 14.4 Å². The van der Waals surface area contributed by atoms with Gasteiger partial charge in [-0.25, -0.2) is 4.39 Å². The molecule has 1 aromatic heterocycles.